The van der Waals surface area contributed by atoms with Crippen LogP contribution in [0.2, 0.25) is 0 Å². The lowest BCUT2D eigenvalue weighted by atomic mass is 10.1. The highest BCUT2D eigenvalue weighted by molar-refractivity contribution is 5.83. The van der Waals surface area contributed by atoms with Gasteiger partial charge >= 0.3 is 0 Å². The highest BCUT2D eigenvalue weighted by Gasteiger charge is 2.33. The number of nitrogens with zero attached hydrogens (tertiary/aromatic N) is 3. The van der Waals surface area contributed by atoms with E-state index in [1.165, 1.54) is 6.07 Å². The van der Waals surface area contributed by atoms with Crippen LogP contribution in [0.4, 0.5) is 11.4 Å². The quantitative estimate of drug-likeness (QED) is 0.644. The molecule has 0 bridgehead atoms. The predicted octanol–water partition coefficient (Wildman–Crippen LogP) is 0.620. The van der Waals surface area contributed by atoms with Gasteiger partial charge in [0.25, 0.3) is 5.69 Å². The molecule has 2 saturated heterocycles. The molecule has 0 radical (unpaired) electrons. The Labute approximate surface area is 140 Å². The fraction of sp³-hybridized carbons (Fsp3) is 0.562. The number of carbonyl (C=O) groups excluding carboxylic acids is 1. The highest BCUT2D eigenvalue weighted by atomic mass is 16.6. The number of rotatable bonds is 3. The van der Waals surface area contributed by atoms with Gasteiger partial charge in [0.15, 0.2) is 0 Å². The maximum Gasteiger partial charge on any atom is 0.292 e. The van der Waals surface area contributed by atoms with Crippen LogP contribution in [0, 0.1) is 10.1 Å². The van der Waals surface area contributed by atoms with Gasteiger partial charge in [0, 0.05) is 38.8 Å². The predicted molar refractivity (Wildman–Crippen MR) is 89.1 cm³/mol. The Hall–Kier alpha value is -2.19. The van der Waals surface area contributed by atoms with Crippen LogP contribution in [-0.2, 0) is 9.53 Å². The van der Waals surface area contributed by atoms with Gasteiger partial charge in [-0.25, -0.2) is 0 Å². The topological polar surface area (TPSA) is 88.0 Å². The molecule has 0 unspecified atom stereocenters. The maximum absolute atomic E-state index is 12.6. The fourth-order valence-electron chi connectivity index (χ4n) is 3.26. The van der Waals surface area contributed by atoms with Crippen LogP contribution in [-0.4, -0.2) is 67.2 Å². The first-order valence-electron chi connectivity index (χ1n) is 8.20. The number of benzene rings is 1. The molecule has 3 rings (SSSR count). The zero-order chi connectivity index (χ0) is 17.1. The molecule has 0 aliphatic carbocycles. The largest absolute Gasteiger partial charge is 0.375 e. The van der Waals surface area contributed by atoms with Gasteiger partial charge in [0.2, 0.25) is 5.91 Å². The molecule has 2 aliphatic heterocycles. The zero-order valence-corrected chi connectivity index (χ0v) is 13.7. The molecule has 1 N–H and O–H groups in total. The molecule has 1 aromatic carbocycles. The first kappa shape index (κ1) is 16.7. The molecule has 0 spiro atoms. The van der Waals surface area contributed by atoms with E-state index in [1.54, 1.807) is 18.2 Å². The molecule has 0 aromatic heterocycles. The van der Waals surface area contributed by atoms with Gasteiger partial charge < -0.3 is 19.9 Å². The summed E-state index contributed by atoms with van der Waals surface area (Å²) in [6.07, 6.45) is -0.139. The van der Waals surface area contributed by atoms with Gasteiger partial charge in [-0.1, -0.05) is 12.1 Å². The molecule has 1 aromatic rings. The highest BCUT2D eigenvalue weighted by Crippen LogP contribution is 2.28. The second-order valence-corrected chi connectivity index (χ2v) is 6.07. The van der Waals surface area contributed by atoms with E-state index in [1.807, 2.05) is 16.7 Å². The van der Waals surface area contributed by atoms with E-state index < -0.39 is 0 Å². The van der Waals surface area contributed by atoms with E-state index in [2.05, 4.69) is 5.32 Å². The number of piperazine rings is 1. The Morgan fingerprint density at radius 1 is 1.29 bits per heavy atom. The lowest BCUT2D eigenvalue weighted by Crippen LogP contribution is -2.59. The van der Waals surface area contributed by atoms with Gasteiger partial charge in [-0.2, -0.15) is 0 Å². The summed E-state index contributed by atoms with van der Waals surface area (Å²) in [5.74, 6) is 0.0458. The van der Waals surface area contributed by atoms with E-state index in [0.717, 1.165) is 0 Å². The number of anilines is 1. The first-order valence-corrected chi connectivity index (χ1v) is 8.20. The van der Waals surface area contributed by atoms with Crippen LogP contribution in [0.1, 0.15) is 6.92 Å². The number of para-hydroxylation sites is 2. The minimum Gasteiger partial charge on any atom is -0.375 e. The Balaban J connectivity index is 1.64. The second kappa shape index (κ2) is 7.14. The number of nitrogens with one attached hydrogen (secondary N) is 1. The molecule has 2 aliphatic rings. The van der Waals surface area contributed by atoms with Crippen molar-refractivity contribution in [2.24, 2.45) is 0 Å². The molecule has 0 saturated carbocycles. The first-order chi connectivity index (χ1) is 11.6. The molecule has 2 heterocycles. The van der Waals surface area contributed by atoms with Gasteiger partial charge in [-0.05, 0) is 13.0 Å². The maximum atomic E-state index is 12.6. The van der Waals surface area contributed by atoms with Crippen molar-refractivity contribution in [3.8, 4) is 0 Å². The number of ether oxygens (including phenoxy) is 1. The summed E-state index contributed by atoms with van der Waals surface area (Å²) >= 11 is 0. The van der Waals surface area contributed by atoms with Crippen molar-refractivity contribution in [2.75, 3.05) is 44.2 Å². The molecular weight excluding hydrogens is 312 g/mol. The Morgan fingerprint density at radius 3 is 2.67 bits per heavy atom. The summed E-state index contributed by atoms with van der Waals surface area (Å²) in [6, 6.07) is 6.42. The third-order valence-corrected chi connectivity index (χ3v) is 4.59. The number of hydrogen-bond donors (Lipinski definition) is 1. The minimum absolute atomic E-state index is 0.0458. The third kappa shape index (κ3) is 3.34. The van der Waals surface area contributed by atoms with Crippen molar-refractivity contribution in [3.63, 3.8) is 0 Å². The Bertz CT molecular complexity index is 616. The normalized spacial score (nSPS) is 24.7. The molecule has 1 amide bonds. The number of morpholine rings is 1. The van der Waals surface area contributed by atoms with E-state index in [9.17, 15) is 14.9 Å². The average molecular weight is 334 g/mol. The van der Waals surface area contributed by atoms with Crippen LogP contribution in [0.3, 0.4) is 0 Å². The number of nitro groups is 1. The molecule has 2 atom stereocenters. The molecule has 8 nitrogen and oxygen atoms in total. The smallest absolute Gasteiger partial charge is 0.292 e. The van der Waals surface area contributed by atoms with Crippen LogP contribution in [0.15, 0.2) is 24.3 Å². The van der Waals surface area contributed by atoms with Crippen LogP contribution in [0.5, 0.6) is 0 Å². The average Bonchev–Trinajstić information content (AvgIpc) is 2.62. The summed E-state index contributed by atoms with van der Waals surface area (Å²) in [4.78, 5) is 27.2. The summed E-state index contributed by atoms with van der Waals surface area (Å²) < 4.78 is 5.54. The summed E-state index contributed by atoms with van der Waals surface area (Å²) in [5, 5.41) is 14.4. The lowest BCUT2D eigenvalue weighted by molar-refractivity contribution is -0.384. The number of amides is 1. The van der Waals surface area contributed by atoms with E-state index in [4.69, 9.17) is 4.74 Å². The zero-order valence-electron chi connectivity index (χ0n) is 13.7. The number of carbonyl (C=O) groups is 1. The lowest BCUT2D eigenvalue weighted by Gasteiger charge is -2.39. The number of hydrogen-bond acceptors (Lipinski definition) is 6. The van der Waals surface area contributed by atoms with Crippen molar-refractivity contribution in [3.05, 3.63) is 34.4 Å². The van der Waals surface area contributed by atoms with Gasteiger partial charge in [-0.15, -0.1) is 0 Å². The van der Waals surface area contributed by atoms with Crippen molar-refractivity contribution in [1.82, 2.24) is 10.2 Å². The SMILES string of the molecule is C[C@H]1OCCN[C@@H]1C(=O)N1CCN(c2ccccc2[N+](=O)[O-])CC1. The monoisotopic (exact) mass is 334 g/mol. The second-order valence-electron chi connectivity index (χ2n) is 6.07. The molecule has 130 valence electrons. The van der Waals surface area contributed by atoms with Gasteiger partial charge in [0.1, 0.15) is 11.7 Å². The third-order valence-electron chi connectivity index (χ3n) is 4.59. The van der Waals surface area contributed by atoms with Gasteiger partial charge in [0.05, 0.1) is 17.6 Å². The van der Waals surface area contributed by atoms with Gasteiger partial charge in [-0.3, -0.25) is 14.9 Å². The molecular formula is C16H22N4O4. The summed E-state index contributed by atoms with van der Waals surface area (Å²) in [6.45, 7) is 5.47. The van der Waals surface area contributed by atoms with Crippen LogP contribution in [0.25, 0.3) is 0 Å². The van der Waals surface area contributed by atoms with E-state index >= 15 is 0 Å². The van der Waals surface area contributed by atoms with Crippen molar-refractivity contribution < 1.29 is 14.5 Å². The molecule has 8 heteroatoms. The van der Waals surface area contributed by atoms with Crippen molar-refractivity contribution >= 4 is 17.3 Å². The standard InChI is InChI=1S/C16H22N4O4/c1-12-15(17-6-11-24-12)16(21)19-9-7-18(8-10-19)13-4-2-3-5-14(13)20(22)23/h2-5,12,15,17H,6-11H2,1H3/t12-,15+/m1/s1. The van der Waals surface area contributed by atoms with E-state index in [0.29, 0.717) is 45.0 Å². The summed E-state index contributed by atoms with van der Waals surface area (Å²) in [7, 11) is 0. The van der Waals surface area contributed by atoms with E-state index in [-0.39, 0.29) is 28.7 Å². The summed E-state index contributed by atoms with van der Waals surface area (Å²) in [5.41, 5.74) is 0.718. The van der Waals surface area contributed by atoms with Crippen molar-refractivity contribution in [1.29, 1.82) is 0 Å². The van der Waals surface area contributed by atoms with Crippen LogP contribution >= 0.6 is 0 Å². The van der Waals surface area contributed by atoms with Crippen LogP contribution < -0.4 is 10.2 Å². The Kier molecular flexibility index (Phi) is 4.96. The minimum atomic E-state index is -0.363. The number of nitro benzene ring substituents is 1. The van der Waals surface area contributed by atoms with Crippen molar-refractivity contribution in [2.45, 2.75) is 19.1 Å². The fourth-order valence-corrected chi connectivity index (χ4v) is 3.26. The Morgan fingerprint density at radius 2 is 2.00 bits per heavy atom. The molecule has 24 heavy (non-hydrogen) atoms. The molecule has 2 fully saturated rings.